The average Bonchev–Trinajstić information content (AvgIpc) is 3.02. The molecule has 0 radical (unpaired) electrons. The van der Waals surface area contributed by atoms with Crippen molar-refractivity contribution in [1.29, 1.82) is 0 Å². The van der Waals surface area contributed by atoms with Crippen LogP contribution >= 0.6 is 0 Å². The fourth-order valence-corrected chi connectivity index (χ4v) is 1.28. The van der Waals surface area contributed by atoms with E-state index in [1.165, 1.54) is 0 Å². The van der Waals surface area contributed by atoms with Crippen molar-refractivity contribution in [3.05, 3.63) is 23.5 Å². The minimum Gasteiger partial charge on any atom is -0.488 e. The largest absolute Gasteiger partial charge is 0.488 e. The van der Waals surface area contributed by atoms with E-state index in [0.29, 0.717) is 19.2 Å². The van der Waals surface area contributed by atoms with Crippen LogP contribution in [0.15, 0.2) is 12.3 Å². The molecule has 1 aromatic heterocycles. The zero-order chi connectivity index (χ0) is 9.97. The molecule has 14 heavy (non-hydrogen) atoms. The minimum absolute atomic E-state index is 0.380. The summed E-state index contributed by atoms with van der Waals surface area (Å²) in [7, 11) is 0. The number of rotatable bonds is 4. The topological polar surface area (TPSA) is 74.2 Å². The van der Waals surface area contributed by atoms with Crippen LogP contribution in [0.5, 0.6) is 5.75 Å². The zero-order valence-corrected chi connectivity index (χ0v) is 8.07. The van der Waals surface area contributed by atoms with E-state index < -0.39 is 0 Å². The Balaban J connectivity index is 2.19. The number of nitrogens with zero attached hydrogens (tertiary/aromatic N) is 1. The molecule has 1 fully saturated rings. The van der Waals surface area contributed by atoms with Crippen molar-refractivity contribution in [2.75, 3.05) is 0 Å². The Kier molecular flexibility index (Phi) is 2.65. The zero-order valence-electron chi connectivity index (χ0n) is 8.07. The summed E-state index contributed by atoms with van der Waals surface area (Å²) in [5.41, 5.74) is 13.0. The van der Waals surface area contributed by atoms with Crippen LogP contribution in [0.2, 0.25) is 0 Å². The number of ether oxygens (including phenoxy) is 1. The molecule has 0 aliphatic heterocycles. The van der Waals surface area contributed by atoms with Crippen LogP contribution in [0.25, 0.3) is 0 Å². The summed E-state index contributed by atoms with van der Waals surface area (Å²) in [5, 5.41) is 0. The second kappa shape index (κ2) is 3.94. The molecule has 4 heteroatoms. The monoisotopic (exact) mass is 193 g/mol. The standard InChI is InChI=1S/C10H15N3O/c11-4-7-3-8(5-12)13-6-10(7)14-9-1-2-9/h3,6,9H,1-2,4-5,11-12H2. The van der Waals surface area contributed by atoms with Gasteiger partial charge in [0, 0.05) is 18.7 Å². The molecule has 2 rings (SSSR count). The molecular formula is C10H15N3O. The van der Waals surface area contributed by atoms with Crippen LogP contribution in [0.3, 0.4) is 0 Å². The smallest absolute Gasteiger partial charge is 0.142 e. The van der Waals surface area contributed by atoms with E-state index in [-0.39, 0.29) is 0 Å². The molecule has 1 saturated carbocycles. The summed E-state index contributed by atoms with van der Waals surface area (Å²) in [6.07, 6.45) is 4.39. The van der Waals surface area contributed by atoms with Crippen molar-refractivity contribution in [2.24, 2.45) is 11.5 Å². The maximum atomic E-state index is 5.66. The molecule has 76 valence electrons. The molecule has 4 N–H and O–H groups in total. The van der Waals surface area contributed by atoms with Crippen molar-refractivity contribution >= 4 is 0 Å². The van der Waals surface area contributed by atoms with E-state index in [1.807, 2.05) is 6.07 Å². The third kappa shape index (κ3) is 2.02. The van der Waals surface area contributed by atoms with Gasteiger partial charge in [0.2, 0.25) is 0 Å². The van der Waals surface area contributed by atoms with Gasteiger partial charge in [0.1, 0.15) is 5.75 Å². The Morgan fingerprint density at radius 3 is 2.71 bits per heavy atom. The molecule has 4 nitrogen and oxygen atoms in total. The molecular weight excluding hydrogens is 178 g/mol. The molecule has 1 aliphatic rings. The van der Waals surface area contributed by atoms with Crippen molar-refractivity contribution < 1.29 is 4.74 Å². The average molecular weight is 193 g/mol. The predicted octanol–water partition coefficient (Wildman–Crippen LogP) is 0.540. The Hall–Kier alpha value is -1.13. The van der Waals surface area contributed by atoms with Crippen LogP contribution < -0.4 is 16.2 Å². The van der Waals surface area contributed by atoms with Crippen molar-refractivity contribution in [3.63, 3.8) is 0 Å². The maximum Gasteiger partial charge on any atom is 0.142 e. The number of pyridine rings is 1. The van der Waals surface area contributed by atoms with E-state index in [2.05, 4.69) is 4.98 Å². The first-order valence-electron chi connectivity index (χ1n) is 4.88. The highest BCUT2D eigenvalue weighted by Gasteiger charge is 2.24. The Morgan fingerprint density at radius 2 is 2.14 bits per heavy atom. The van der Waals surface area contributed by atoms with Gasteiger partial charge in [-0.2, -0.15) is 0 Å². The van der Waals surface area contributed by atoms with Gasteiger partial charge in [0.15, 0.2) is 0 Å². The lowest BCUT2D eigenvalue weighted by Crippen LogP contribution is -2.07. The van der Waals surface area contributed by atoms with Crippen LogP contribution in [0.1, 0.15) is 24.1 Å². The maximum absolute atomic E-state index is 5.66. The fourth-order valence-electron chi connectivity index (χ4n) is 1.28. The first-order chi connectivity index (χ1) is 6.83. The first kappa shape index (κ1) is 9.43. The normalized spacial score (nSPS) is 15.6. The Bertz CT molecular complexity index is 323. The second-order valence-corrected chi connectivity index (χ2v) is 3.51. The lowest BCUT2D eigenvalue weighted by Gasteiger charge is -2.09. The summed E-state index contributed by atoms with van der Waals surface area (Å²) in [5.74, 6) is 0.812. The van der Waals surface area contributed by atoms with E-state index in [1.54, 1.807) is 6.20 Å². The summed E-state index contributed by atoms with van der Waals surface area (Å²) in [4.78, 5) is 4.18. The van der Waals surface area contributed by atoms with E-state index in [9.17, 15) is 0 Å². The highest BCUT2D eigenvalue weighted by atomic mass is 16.5. The third-order valence-electron chi connectivity index (χ3n) is 2.25. The summed E-state index contributed by atoms with van der Waals surface area (Å²) >= 11 is 0. The van der Waals surface area contributed by atoms with Crippen LogP contribution in [-0.4, -0.2) is 11.1 Å². The van der Waals surface area contributed by atoms with Gasteiger partial charge in [0.05, 0.1) is 18.0 Å². The first-order valence-corrected chi connectivity index (χ1v) is 4.88. The number of hydrogen-bond acceptors (Lipinski definition) is 4. The van der Waals surface area contributed by atoms with Gasteiger partial charge in [-0.3, -0.25) is 4.98 Å². The predicted molar refractivity (Wildman–Crippen MR) is 53.7 cm³/mol. The van der Waals surface area contributed by atoms with Gasteiger partial charge in [-0.15, -0.1) is 0 Å². The molecule has 1 heterocycles. The van der Waals surface area contributed by atoms with Crippen LogP contribution in [0, 0.1) is 0 Å². The van der Waals surface area contributed by atoms with Gasteiger partial charge in [-0.05, 0) is 18.9 Å². The molecule has 1 aliphatic carbocycles. The summed E-state index contributed by atoms with van der Waals surface area (Å²) < 4.78 is 5.66. The lowest BCUT2D eigenvalue weighted by molar-refractivity contribution is 0.298. The second-order valence-electron chi connectivity index (χ2n) is 3.51. The number of hydrogen-bond donors (Lipinski definition) is 2. The Labute approximate surface area is 83.3 Å². The minimum atomic E-state index is 0.380. The fraction of sp³-hybridized carbons (Fsp3) is 0.500. The molecule has 0 aromatic carbocycles. The van der Waals surface area contributed by atoms with E-state index >= 15 is 0 Å². The van der Waals surface area contributed by atoms with E-state index in [4.69, 9.17) is 16.2 Å². The van der Waals surface area contributed by atoms with Gasteiger partial charge >= 0.3 is 0 Å². The molecule has 0 saturated heterocycles. The van der Waals surface area contributed by atoms with E-state index in [0.717, 1.165) is 29.8 Å². The summed E-state index contributed by atoms with van der Waals surface area (Å²) in [6.45, 7) is 0.911. The third-order valence-corrected chi connectivity index (χ3v) is 2.25. The van der Waals surface area contributed by atoms with Gasteiger partial charge in [-0.1, -0.05) is 0 Å². The van der Waals surface area contributed by atoms with Crippen LogP contribution in [-0.2, 0) is 13.1 Å². The quantitative estimate of drug-likeness (QED) is 0.732. The molecule has 0 bridgehead atoms. The molecule has 0 amide bonds. The Morgan fingerprint density at radius 1 is 1.36 bits per heavy atom. The lowest BCUT2D eigenvalue weighted by atomic mass is 10.2. The van der Waals surface area contributed by atoms with Gasteiger partial charge in [-0.25, -0.2) is 0 Å². The molecule has 0 unspecified atom stereocenters. The van der Waals surface area contributed by atoms with Crippen LogP contribution in [0.4, 0.5) is 0 Å². The van der Waals surface area contributed by atoms with Crippen molar-refractivity contribution in [1.82, 2.24) is 4.98 Å². The highest BCUT2D eigenvalue weighted by Crippen LogP contribution is 2.28. The SMILES string of the molecule is NCc1cc(CN)c(OC2CC2)cn1. The molecule has 1 aromatic rings. The van der Waals surface area contributed by atoms with Crippen molar-refractivity contribution in [3.8, 4) is 5.75 Å². The molecule has 0 atom stereocenters. The van der Waals surface area contributed by atoms with Gasteiger partial charge < -0.3 is 16.2 Å². The summed E-state index contributed by atoms with van der Waals surface area (Å²) in [6, 6.07) is 1.91. The molecule has 0 spiro atoms. The number of aromatic nitrogens is 1. The van der Waals surface area contributed by atoms with Crippen molar-refractivity contribution in [2.45, 2.75) is 32.0 Å². The van der Waals surface area contributed by atoms with Gasteiger partial charge in [0.25, 0.3) is 0 Å². The highest BCUT2D eigenvalue weighted by molar-refractivity contribution is 5.32. The number of nitrogens with two attached hydrogens (primary N) is 2.